The molecular weight excluding hydrogens is 232 g/mol. The maximum Gasteiger partial charge on any atom is 0.317 e. The van der Waals surface area contributed by atoms with E-state index in [2.05, 4.69) is 15.5 Å². The summed E-state index contributed by atoms with van der Waals surface area (Å²) in [5, 5.41) is 6.32. The van der Waals surface area contributed by atoms with Crippen LogP contribution in [0.4, 0.5) is 4.79 Å². The van der Waals surface area contributed by atoms with Crippen LogP contribution in [0, 0.1) is 0 Å². The molecule has 0 radical (unpaired) electrons. The van der Waals surface area contributed by atoms with Crippen LogP contribution in [0.5, 0.6) is 0 Å². The van der Waals surface area contributed by atoms with Crippen molar-refractivity contribution in [3.05, 3.63) is 0 Å². The van der Waals surface area contributed by atoms with Crippen molar-refractivity contribution in [2.45, 2.75) is 12.5 Å². The molecule has 6 heteroatoms. The molecule has 0 aromatic heterocycles. The topological polar surface area (TPSA) is 56.8 Å². The maximum absolute atomic E-state index is 11.9. The molecule has 0 aromatic carbocycles. The quantitative estimate of drug-likeness (QED) is 0.700. The number of piperazine rings is 1. The SMILES string of the molecule is CN(CCN1CCNCC1)C(=O)NC1CCOC1. The van der Waals surface area contributed by atoms with Crippen LogP contribution in [0.15, 0.2) is 0 Å². The molecule has 0 aromatic rings. The highest BCUT2D eigenvalue weighted by atomic mass is 16.5. The molecule has 18 heavy (non-hydrogen) atoms. The van der Waals surface area contributed by atoms with Gasteiger partial charge in [-0.3, -0.25) is 4.90 Å². The van der Waals surface area contributed by atoms with Gasteiger partial charge < -0.3 is 20.3 Å². The first kappa shape index (κ1) is 13.6. The average molecular weight is 256 g/mol. The van der Waals surface area contributed by atoms with Crippen LogP contribution in [0.1, 0.15) is 6.42 Å². The van der Waals surface area contributed by atoms with E-state index in [9.17, 15) is 4.79 Å². The van der Waals surface area contributed by atoms with E-state index in [1.807, 2.05) is 7.05 Å². The van der Waals surface area contributed by atoms with Gasteiger partial charge >= 0.3 is 6.03 Å². The fourth-order valence-electron chi connectivity index (χ4n) is 2.26. The summed E-state index contributed by atoms with van der Waals surface area (Å²) in [5.41, 5.74) is 0. The largest absolute Gasteiger partial charge is 0.379 e. The van der Waals surface area contributed by atoms with Gasteiger partial charge in [0.1, 0.15) is 0 Å². The first-order valence-electron chi connectivity index (χ1n) is 6.78. The predicted octanol–water partition coefficient (Wildman–Crippen LogP) is -0.678. The Balaban J connectivity index is 1.63. The van der Waals surface area contributed by atoms with Gasteiger partial charge in [-0.2, -0.15) is 0 Å². The standard InChI is InChI=1S/C12H24N4O2/c1-15(7-8-16-5-3-13-4-6-16)12(17)14-11-2-9-18-10-11/h11,13H,2-10H2,1H3,(H,14,17). The number of ether oxygens (including phenoxy) is 1. The lowest BCUT2D eigenvalue weighted by molar-refractivity contribution is 0.175. The van der Waals surface area contributed by atoms with Crippen molar-refractivity contribution in [2.75, 3.05) is 59.5 Å². The first-order chi connectivity index (χ1) is 8.75. The fraction of sp³-hybridized carbons (Fsp3) is 0.917. The third-order valence-electron chi connectivity index (χ3n) is 3.57. The van der Waals surface area contributed by atoms with Crippen LogP contribution in [0.2, 0.25) is 0 Å². The number of hydrogen-bond acceptors (Lipinski definition) is 4. The van der Waals surface area contributed by atoms with Gasteiger partial charge in [0.2, 0.25) is 0 Å². The number of carbonyl (C=O) groups is 1. The van der Waals surface area contributed by atoms with Gasteiger partial charge in [-0.1, -0.05) is 0 Å². The Kier molecular flexibility index (Phi) is 5.22. The van der Waals surface area contributed by atoms with Crippen LogP contribution in [-0.4, -0.2) is 81.4 Å². The highest BCUT2D eigenvalue weighted by molar-refractivity contribution is 5.74. The zero-order chi connectivity index (χ0) is 12.8. The van der Waals surface area contributed by atoms with Crippen LogP contribution in [0.25, 0.3) is 0 Å². The third kappa shape index (κ3) is 4.12. The average Bonchev–Trinajstić information content (AvgIpc) is 2.90. The summed E-state index contributed by atoms with van der Waals surface area (Å²) in [4.78, 5) is 16.1. The molecule has 2 N–H and O–H groups in total. The summed E-state index contributed by atoms with van der Waals surface area (Å²) < 4.78 is 5.24. The van der Waals surface area contributed by atoms with Gasteiger partial charge in [-0.25, -0.2) is 4.79 Å². The van der Waals surface area contributed by atoms with Crippen molar-refractivity contribution in [1.29, 1.82) is 0 Å². The third-order valence-corrected chi connectivity index (χ3v) is 3.57. The molecule has 2 aliphatic heterocycles. The van der Waals surface area contributed by atoms with Crippen molar-refractivity contribution >= 4 is 6.03 Å². The monoisotopic (exact) mass is 256 g/mol. The number of amides is 2. The Morgan fingerprint density at radius 1 is 1.50 bits per heavy atom. The Hall–Kier alpha value is -0.850. The molecule has 0 saturated carbocycles. The van der Waals surface area contributed by atoms with Crippen LogP contribution in [0.3, 0.4) is 0 Å². The summed E-state index contributed by atoms with van der Waals surface area (Å²) in [6.45, 7) is 7.39. The first-order valence-corrected chi connectivity index (χ1v) is 6.78. The molecule has 104 valence electrons. The molecule has 2 saturated heterocycles. The van der Waals surface area contributed by atoms with Crippen LogP contribution < -0.4 is 10.6 Å². The van der Waals surface area contributed by atoms with Crippen molar-refractivity contribution in [2.24, 2.45) is 0 Å². The number of nitrogens with zero attached hydrogens (tertiary/aromatic N) is 2. The zero-order valence-electron chi connectivity index (χ0n) is 11.2. The number of likely N-dealkylation sites (N-methyl/N-ethyl adjacent to an activating group) is 1. The van der Waals surface area contributed by atoms with E-state index in [0.717, 1.165) is 52.3 Å². The van der Waals surface area contributed by atoms with E-state index < -0.39 is 0 Å². The van der Waals surface area contributed by atoms with Crippen molar-refractivity contribution in [1.82, 2.24) is 20.4 Å². The molecule has 1 atom stereocenters. The molecule has 0 spiro atoms. The molecule has 1 unspecified atom stereocenters. The Bertz CT molecular complexity index is 263. The molecule has 6 nitrogen and oxygen atoms in total. The van der Waals surface area contributed by atoms with Gasteiger partial charge in [0, 0.05) is 52.9 Å². The van der Waals surface area contributed by atoms with Crippen molar-refractivity contribution in [3.8, 4) is 0 Å². The van der Waals surface area contributed by atoms with Gasteiger partial charge in [-0.05, 0) is 6.42 Å². The van der Waals surface area contributed by atoms with Crippen LogP contribution in [-0.2, 0) is 4.74 Å². The van der Waals surface area contributed by atoms with E-state index in [1.165, 1.54) is 0 Å². The number of hydrogen-bond donors (Lipinski definition) is 2. The normalized spacial score (nSPS) is 25.1. The number of rotatable bonds is 4. The molecule has 2 rings (SSSR count). The Morgan fingerprint density at radius 3 is 2.94 bits per heavy atom. The van der Waals surface area contributed by atoms with Gasteiger partial charge in [0.05, 0.1) is 12.6 Å². The van der Waals surface area contributed by atoms with E-state index in [4.69, 9.17) is 4.74 Å². The summed E-state index contributed by atoms with van der Waals surface area (Å²) in [7, 11) is 1.85. The van der Waals surface area contributed by atoms with Gasteiger partial charge in [0.15, 0.2) is 0 Å². The molecule has 0 bridgehead atoms. The lowest BCUT2D eigenvalue weighted by Gasteiger charge is -2.29. The molecule has 2 heterocycles. The van der Waals surface area contributed by atoms with Crippen molar-refractivity contribution < 1.29 is 9.53 Å². The highest BCUT2D eigenvalue weighted by Crippen LogP contribution is 2.03. The fourth-order valence-corrected chi connectivity index (χ4v) is 2.26. The minimum Gasteiger partial charge on any atom is -0.379 e. The number of urea groups is 1. The maximum atomic E-state index is 11.9. The molecule has 0 aliphatic carbocycles. The second-order valence-corrected chi connectivity index (χ2v) is 5.02. The minimum atomic E-state index is 0.0145. The second-order valence-electron chi connectivity index (χ2n) is 5.02. The van der Waals surface area contributed by atoms with E-state index in [-0.39, 0.29) is 12.1 Å². The predicted molar refractivity (Wildman–Crippen MR) is 69.7 cm³/mol. The minimum absolute atomic E-state index is 0.0145. The summed E-state index contributed by atoms with van der Waals surface area (Å²) in [6, 6.07) is 0.208. The van der Waals surface area contributed by atoms with Crippen LogP contribution >= 0.6 is 0 Å². The van der Waals surface area contributed by atoms with E-state index in [0.29, 0.717) is 6.61 Å². The number of nitrogens with one attached hydrogen (secondary N) is 2. The van der Waals surface area contributed by atoms with Crippen molar-refractivity contribution in [3.63, 3.8) is 0 Å². The number of carbonyl (C=O) groups excluding carboxylic acids is 1. The second kappa shape index (κ2) is 6.92. The van der Waals surface area contributed by atoms with Gasteiger partial charge in [-0.15, -0.1) is 0 Å². The molecule has 2 fully saturated rings. The smallest absolute Gasteiger partial charge is 0.317 e. The van der Waals surface area contributed by atoms with E-state index in [1.54, 1.807) is 4.90 Å². The molecule has 2 aliphatic rings. The Labute approximate surface area is 109 Å². The summed E-state index contributed by atoms with van der Waals surface area (Å²) >= 11 is 0. The zero-order valence-corrected chi connectivity index (χ0v) is 11.2. The molecule has 2 amide bonds. The summed E-state index contributed by atoms with van der Waals surface area (Å²) in [6.07, 6.45) is 0.928. The van der Waals surface area contributed by atoms with E-state index >= 15 is 0 Å². The lowest BCUT2D eigenvalue weighted by atomic mass is 10.3. The summed E-state index contributed by atoms with van der Waals surface area (Å²) in [5.74, 6) is 0. The molecular formula is C12H24N4O2. The lowest BCUT2D eigenvalue weighted by Crippen LogP contribution is -2.49. The highest BCUT2D eigenvalue weighted by Gasteiger charge is 2.20. The Morgan fingerprint density at radius 2 is 2.28 bits per heavy atom. The van der Waals surface area contributed by atoms with Gasteiger partial charge in [0.25, 0.3) is 0 Å².